The molecule has 2 unspecified atom stereocenters. The Bertz CT molecular complexity index is 1070. The van der Waals surface area contributed by atoms with Gasteiger partial charge in [0.1, 0.15) is 5.82 Å². The number of benzene rings is 2. The zero-order valence-electron chi connectivity index (χ0n) is 21.5. The summed E-state index contributed by atoms with van der Waals surface area (Å²) < 4.78 is 14.6. The Morgan fingerprint density at radius 1 is 1.12 bits per heavy atom. The molecule has 0 heterocycles. The van der Waals surface area contributed by atoms with Gasteiger partial charge in [-0.3, -0.25) is 4.79 Å². The number of rotatable bonds is 7. The van der Waals surface area contributed by atoms with Crippen molar-refractivity contribution in [1.29, 1.82) is 0 Å². The van der Waals surface area contributed by atoms with Gasteiger partial charge < -0.3 is 5.32 Å². The van der Waals surface area contributed by atoms with E-state index in [-0.39, 0.29) is 34.5 Å². The third-order valence-electron chi connectivity index (χ3n) is 8.14. The SMILES string of the molecule is CN=N/C(=C\C(C)(C)[C@@H]1CCC(C)(C(=O)NC(C)c2ccccc2)C1(C)C)c1ccccc1F. The highest BCUT2D eigenvalue weighted by Gasteiger charge is 2.59. The zero-order chi connectivity index (χ0) is 25.1. The van der Waals surface area contributed by atoms with Crippen LogP contribution in [-0.4, -0.2) is 13.0 Å². The molecule has 1 N–H and O–H groups in total. The highest BCUT2D eigenvalue weighted by Crippen LogP contribution is 2.61. The Labute approximate surface area is 203 Å². The van der Waals surface area contributed by atoms with Gasteiger partial charge in [0, 0.05) is 12.6 Å². The molecule has 1 fully saturated rings. The Hall–Kier alpha value is -2.82. The molecule has 1 aliphatic carbocycles. The van der Waals surface area contributed by atoms with E-state index in [1.807, 2.05) is 43.3 Å². The fourth-order valence-corrected chi connectivity index (χ4v) is 5.78. The summed E-state index contributed by atoms with van der Waals surface area (Å²) in [4.78, 5) is 13.6. The number of hydrogen-bond acceptors (Lipinski definition) is 3. The average Bonchev–Trinajstić information content (AvgIpc) is 3.04. The number of hydrogen-bond donors (Lipinski definition) is 1. The van der Waals surface area contributed by atoms with E-state index in [2.05, 4.69) is 50.2 Å². The van der Waals surface area contributed by atoms with Gasteiger partial charge in [-0.05, 0) is 54.2 Å². The second-order valence-electron chi connectivity index (χ2n) is 10.9. The molecule has 3 atom stereocenters. The van der Waals surface area contributed by atoms with Crippen LogP contribution >= 0.6 is 0 Å². The minimum Gasteiger partial charge on any atom is -0.349 e. The molecule has 5 heteroatoms. The number of carbonyl (C=O) groups is 1. The molecule has 0 saturated heterocycles. The van der Waals surface area contributed by atoms with Gasteiger partial charge in [0.15, 0.2) is 0 Å². The molecule has 4 nitrogen and oxygen atoms in total. The summed E-state index contributed by atoms with van der Waals surface area (Å²) >= 11 is 0. The molecule has 2 aromatic carbocycles. The van der Waals surface area contributed by atoms with Crippen molar-refractivity contribution >= 4 is 11.6 Å². The zero-order valence-corrected chi connectivity index (χ0v) is 21.5. The molecule has 182 valence electrons. The predicted molar refractivity (Wildman–Crippen MR) is 137 cm³/mol. The van der Waals surface area contributed by atoms with E-state index >= 15 is 0 Å². The van der Waals surface area contributed by atoms with Gasteiger partial charge >= 0.3 is 0 Å². The van der Waals surface area contributed by atoms with Crippen LogP contribution in [0.25, 0.3) is 5.70 Å². The fourth-order valence-electron chi connectivity index (χ4n) is 5.78. The summed E-state index contributed by atoms with van der Waals surface area (Å²) in [7, 11) is 1.59. The van der Waals surface area contributed by atoms with Crippen molar-refractivity contribution in [3.8, 4) is 0 Å². The number of nitrogens with one attached hydrogen (secondary N) is 1. The number of nitrogens with zero attached hydrogens (tertiary/aromatic N) is 2. The molecule has 0 spiro atoms. The number of halogens is 1. The minimum absolute atomic E-state index is 0.0640. The third kappa shape index (κ3) is 4.84. The van der Waals surface area contributed by atoms with E-state index in [9.17, 15) is 9.18 Å². The standard InChI is InChI=1S/C29H38FN3O/c1-20(21-13-9-8-10-14-21)32-26(34)29(6)18-17-25(28(29,4)5)27(2,3)19-24(33-31-7)22-15-11-12-16-23(22)30/h8-16,19-20,25H,17-18H2,1-7H3,(H,32,34)/b24-19-,33-31?/t20?,25-,29?/m0/s1. The largest absolute Gasteiger partial charge is 0.349 e. The second kappa shape index (κ2) is 9.81. The molecule has 3 rings (SSSR count). The summed E-state index contributed by atoms with van der Waals surface area (Å²) in [6.07, 6.45) is 3.72. The molecule has 2 aromatic rings. The highest BCUT2D eigenvalue weighted by molar-refractivity contribution is 5.84. The Morgan fingerprint density at radius 2 is 1.74 bits per heavy atom. The van der Waals surface area contributed by atoms with Crippen LogP contribution in [0.15, 0.2) is 70.9 Å². The van der Waals surface area contributed by atoms with Gasteiger partial charge in [-0.2, -0.15) is 10.2 Å². The van der Waals surface area contributed by atoms with Gasteiger partial charge in [0.25, 0.3) is 0 Å². The molecule has 1 aliphatic rings. The molecule has 0 bridgehead atoms. The molecule has 0 radical (unpaired) electrons. The third-order valence-corrected chi connectivity index (χ3v) is 8.14. The van der Waals surface area contributed by atoms with Gasteiger partial charge in [0.05, 0.1) is 17.2 Å². The van der Waals surface area contributed by atoms with Gasteiger partial charge in [-0.25, -0.2) is 4.39 Å². The van der Waals surface area contributed by atoms with Crippen LogP contribution < -0.4 is 5.32 Å². The van der Waals surface area contributed by atoms with E-state index < -0.39 is 5.41 Å². The lowest BCUT2D eigenvalue weighted by Crippen LogP contribution is -2.49. The van der Waals surface area contributed by atoms with Crippen molar-refractivity contribution in [2.24, 2.45) is 32.4 Å². The lowest BCUT2D eigenvalue weighted by molar-refractivity contribution is -0.137. The van der Waals surface area contributed by atoms with Crippen molar-refractivity contribution in [3.05, 3.63) is 77.6 Å². The molecule has 34 heavy (non-hydrogen) atoms. The Kier molecular flexibility index (Phi) is 7.44. The first-order chi connectivity index (χ1) is 15.9. The number of azo groups is 1. The first-order valence-electron chi connectivity index (χ1n) is 12.1. The Morgan fingerprint density at radius 3 is 2.35 bits per heavy atom. The number of amides is 1. The molecule has 1 saturated carbocycles. The van der Waals surface area contributed by atoms with Crippen LogP contribution in [-0.2, 0) is 4.79 Å². The summed E-state index contributed by atoms with van der Waals surface area (Å²) in [5.41, 5.74) is 0.895. The summed E-state index contributed by atoms with van der Waals surface area (Å²) in [6, 6.07) is 16.6. The van der Waals surface area contributed by atoms with Crippen LogP contribution in [0.3, 0.4) is 0 Å². The molecule has 0 aliphatic heterocycles. The number of allylic oxidation sites excluding steroid dienone is 1. The quantitative estimate of drug-likeness (QED) is 0.422. The van der Waals surface area contributed by atoms with Crippen molar-refractivity contribution in [1.82, 2.24) is 5.32 Å². The smallest absolute Gasteiger partial charge is 0.226 e. The van der Waals surface area contributed by atoms with Crippen molar-refractivity contribution in [3.63, 3.8) is 0 Å². The molecule has 0 aromatic heterocycles. The topological polar surface area (TPSA) is 53.8 Å². The van der Waals surface area contributed by atoms with Gasteiger partial charge in [-0.15, -0.1) is 0 Å². The normalized spacial score (nSPS) is 23.8. The predicted octanol–water partition coefficient (Wildman–Crippen LogP) is 7.59. The molecule has 1 amide bonds. The highest BCUT2D eigenvalue weighted by atomic mass is 19.1. The second-order valence-corrected chi connectivity index (χ2v) is 10.9. The minimum atomic E-state index is -0.531. The maximum Gasteiger partial charge on any atom is 0.226 e. The van der Waals surface area contributed by atoms with Crippen LogP contribution in [0.1, 0.15) is 71.6 Å². The maximum atomic E-state index is 14.6. The van der Waals surface area contributed by atoms with Crippen LogP contribution in [0.5, 0.6) is 0 Å². The van der Waals surface area contributed by atoms with Crippen molar-refractivity contribution in [2.75, 3.05) is 7.05 Å². The van der Waals surface area contributed by atoms with E-state index in [0.717, 1.165) is 18.4 Å². The van der Waals surface area contributed by atoms with Gasteiger partial charge in [-0.1, -0.05) is 83.2 Å². The van der Waals surface area contributed by atoms with Crippen molar-refractivity contribution in [2.45, 2.75) is 60.4 Å². The van der Waals surface area contributed by atoms with E-state index in [4.69, 9.17) is 0 Å². The molecular formula is C29H38FN3O. The monoisotopic (exact) mass is 463 g/mol. The van der Waals surface area contributed by atoms with Gasteiger partial charge in [0.2, 0.25) is 5.91 Å². The molecular weight excluding hydrogens is 425 g/mol. The Balaban J connectivity index is 1.90. The summed E-state index contributed by atoms with van der Waals surface area (Å²) in [5, 5.41) is 11.5. The van der Waals surface area contributed by atoms with Crippen LogP contribution in [0.2, 0.25) is 0 Å². The van der Waals surface area contributed by atoms with Crippen LogP contribution in [0, 0.1) is 28.0 Å². The van der Waals surface area contributed by atoms with E-state index in [1.54, 1.807) is 25.2 Å². The van der Waals surface area contributed by atoms with E-state index in [1.165, 1.54) is 6.07 Å². The van der Waals surface area contributed by atoms with Crippen LogP contribution in [0.4, 0.5) is 4.39 Å². The number of carbonyl (C=O) groups excluding carboxylic acids is 1. The fraction of sp³-hybridized carbons (Fsp3) is 0.483. The lowest BCUT2D eigenvalue weighted by atomic mass is 9.59. The summed E-state index contributed by atoms with van der Waals surface area (Å²) in [5.74, 6) is -0.0444. The van der Waals surface area contributed by atoms with Crippen molar-refractivity contribution < 1.29 is 9.18 Å². The van der Waals surface area contributed by atoms with E-state index in [0.29, 0.717) is 11.3 Å². The lowest BCUT2D eigenvalue weighted by Gasteiger charge is -2.46. The summed E-state index contributed by atoms with van der Waals surface area (Å²) in [6.45, 7) is 12.8. The first kappa shape index (κ1) is 25.8. The maximum absolute atomic E-state index is 14.6. The first-order valence-corrected chi connectivity index (χ1v) is 12.1. The average molecular weight is 464 g/mol.